The summed E-state index contributed by atoms with van der Waals surface area (Å²) in [6, 6.07) is 18.9. The van der Waals surface area contributed by atoms with Crippen LogP contribution in [0.4, 0.5) is 5.69 Å². The number of fused-ring (bicyclic) bond motifs is 1. The van der Waals surface area contributed by atoms with Gasteiger partial charge in [0.1, 0.15) is 0 Å². The van der Waals surface area contributed by atoms with Crippen molar-refractivity contribution in [1.82, 2.24) is 0 Å². The second-order valence-corrected chi connectivity index (χ2v) is 10.5. The topological polar surface area (TPSA) is 12.0 Å². The third-order valence-electron chi connectivity index (χ3n) is 6.09. The van der Waals surface area contributed by atoms with Gasteiger partial charge in [-0.1, -0.05) is 143 Å². The summed E-state index contributed by atoms with van der Waals surface area (Å²) in [5.74, 6) is 0.667. The van der Waals surface area contributed by atoms with Crippen LogP contribution in [0.15, 0.2) is 60.7 Å². The molecule has 0 radical (unpaired) electrons. The maximum Gasteiger partial charge on any atom is 0.0353 e. The van der Waals surface area contributed by atoms with Gasteiger partial charge in [-0.3, -0.25) is 0 Å². The van der Waals surface area contributed by atoms with Crippen LogP contribution in [0, 0.1) is 5.41 Å². The summed E-state index contributed by atoms with van der Waals surface area (Å²) >= 11 is 6.25. The largest absolute Gasteiger partial charge is 0.388 e. The first-order chi connectivity index (χ1) is 17.8. The average molecular weight is 530 g/mol. The van der Waals surface area contributed by atoms with E-state index >= 15 is 0 Å². The van der Waals surface area contributed by atoms with Crippen LogP contribution in [0.3, 0.4) is 0 Å². The third-order valence-corrected chi connectivity index (χ3v) is 6.65. The van der Waals surface area contributed by atoms with Crippen molar-refractivity contribution in [2.24, 2.45) is 5.41 Å². The molecule has 3 rings (SSSR count). The minimum atomic E-state index is 0.0280. The fourth-order valence-electron chi connectivity index (χ4n) is 4.22. The third kappa shape index (κ3) is 15.3. The second kappa shape index (κ2) is 22.3. The quantitative estimate of drug-likeness (QED) is 0.251. The average Bonchev–Trinajstić information content (AvgIpc) is 3.24. The van der Waals surface area contributed by atoms with Crippen molar-refractivity contribution in [1.29, 1.82) is 0 Å². The molecular formula is C35H60ClN. The van der Waals surface area contributed by atoms with Crippen LogP contribution in [0.1, 0.15) is 125 Å². The van der Waals surface area contributed by atoms with Gasteiger partial charge in [0.15, 0.2) is 0 Å². The van der Waals surface area contributed by atoms with E-state index in [9.17, 15) is 0 Å². The zero-order chi connectivity index (χ0) is 28.7. The highest BCUT2D eigenvalue weighted by atomic mass is 35.5. The molecule has 2 aromatic rings. The minimum absolute atomic E-state index is 0.0280. The number of halogens is 1. The molecule has 37 heavy (non-hydrogen) atoms. The van der Waals surface area contributed by atoms with Crippen LogP contribution >= 0.6 is 11.6 Å². The van der Waals surface area contributed by atoms with E-state index in [0.717, 1.165) is 5.69 Å². The molecule has 1 N–H and O–H groups in total. The molecule has 0 aromatic heterocycles. The van der Waals surface area contributed by atoms with Crippen molar-refractivity contribution in [3.63, 3.8) is 0 Å². The first kappa shape index (κ1) is 37.4. The molecule has 1 aliphatic carbocycles. The number of para-hydroxylation sites is 1. The highest BCUT2D eigenvalue weighted by Gasteiger charge is 2.32. The molecule has 0 aliphatic heterocycles. The summed E-state index contributed by atoms with van der Waals surface area (Å²) in [6.45, 7) is 21.3. The zero-order valence-corrected chi connectivity index (χ0v) is 27.1. The Morgan fingerprint density at radius 3 is 1.76 bits per heavy atom. The van der Waals surface area contributed by atoms with Crippen molar-refractivity contribution in [2.75, 3.05) is 18.2 Å². The maximum absolute atomic E-state index is 6.25. The lowest BCUT2D eigenvalue weighted by Gasteiger charge is -2.20. The van der Waals surface area contributed by atoms with E-state index in [-0.39, 0.29) is 5.41 Å². The lowest BCUT2D eigenvalue weighted by atomic mass is 9.87. The van der Waals surface area contributed by atoms with Gasteiger partial charge < -0.3 is 5.32 Å². The van der Waals surface area contributed by atoms with Crippen LogP contribution in [0.2, 0.25) is 0 Å². The minimum Gasteiger partial charge on any atom is -0.388 e. The van der Waals surface area contributed by atoms with Gasteiger partial charge in [-0.2, -0.15) is 0 Å². The lowest BCUT2D eigenvalue weighted by Crippen LogP contribution is -2.18. The van der Waals surface area contributed by atoms with Crippen molar-refractivity contribution < 1.29 is 0 Å². The fourth-order valence-corrected chi connectivity index (χ4v) is 4.45. The van der Waals surface area contributed by atoms with E-state index in [1.165, 1.54) is 61.6 Å². The van der Waals surface area contributed by atoms with Crippen molar-refractivity contribution in [2.45, 2.75) is 120 Å². The zero-order valence-electron chi connectivity index (χ0n) is 26.3. The van der Waals surface area contributed by atoms with Gasteiger partial charge in [0.2, 0.25) is 0 Å². The standard InChI is InChI=1S/C22H33Cl.C7H9N.3C2H6/c1-21(2,3)15-11-7-5-6-8-12-18-16-22(4,17-23)20-14-10-9-13-19(18)20;1-8-7-5-3-2-4-6-7;3*1-2/h9-10,13-14,16H,5-8,11-12,15,17H2,1-4H3;2-6,8H,1H3;3*1-2H3. The molecule has 0 heterocycles. The first-order valence-electron chi connectivity index (χ1n) is 14.9. The molecule has 0 fully saturated rings. The number of benzene rings is 2. The predicted octanol–water partition coefficient (Wildman–Crippen LogP) is 12.2. The molecule has 2 heteroatoms. The van der Waals surface area contributed by atoms with E-state index in [0.29, 0.717) is 11.3 Å². The van der Waals surface area contributed by atoms with E-state index < -0.39 is 0 Å². The Bertz CT molecular complexity index is 804. The number of hydrogen-bond acceptors (Lipinski definition) is 1. The SMILES string of the molecule is CC.CC.CC.CC(C)(C)CCCCCCCC1=CC(C)(CCl)c2ccccc21.CNc1ccccc1. The molecule has 1 aliphatic rings. The molecule has 0 bridgehead atoms. The number of nitrogens with one attached hydrogen (secondary N) is 1. The summed E-state index contributed by atoms with van der Waals surface area (Å²) in [5.41, 5.74) is 6.04. The molecule has 0 saturated carbocycles. The summed E-state index contributed by atoms with van der Waals surface area (Å²) in [5, 5.41) is 3.03. The maximum atomic E-state index is 6.25. The Morgan fingerprint density at radius 1 is 0.730 bits per heavy atom. The number of hydrogen-bond donors (Lipinski definition) is 1. The number of allylic oxidation sites excluding steroid dienone is 2. The summed E-state index contributed by atoms with van der Waals surface area (Å²) in [6.07, 6.45) is 11.7. The molecule has 212 valence electrons. The fraction of sp³-hybridized carbons (Fsp3) is 0.600. The van der Waals surface area contributed by atoms with Gasteiger partial charge in [0.25, 0.3) is 0 Å². The van der Waals surface area contributed by atoms with Gasteiger partial charge in [-0.05, 0) is 53.5 Å². The Morgan fingerprint density at radius 2 is 1.24 bits per heavy atom. The molecule has 1 nitrogen and oxygen atoms in total. The van der Waals surface area contributed by atoms with E-state index in [1.54, 1.807) is 0 Å². The van der Waals surface area contributed by atoms with Gasteiger partial charge in [0.05, 0.1) is 0 Å². The number of alkyl halides is 1. The van der Waals surface area contributed by atoms with Gasteiger partial charge >= 0.3 is 0 Å². The Hall–Kier alpha value is -1.73. The second-order valence-electron chi connectivity index (χ2n) is 10.2. The van der Waals surface area contributed by atoms with Crippen LogP contribution in [0.5, 0.6) is 0 Å². The summed E-state index contributed by atoms with van der Waals surface area (Å²) in [4.78, 5) is 0. The summed E-state index contributed by atoms with van der Waals surface area (Å²) in [7, 11) is 1.91. The molecule has 0 saturated heterocycles. The summed E-state index contributed by atoms with van der Waals surface area (Å²) < 4.78 is 0. The van der Waals surface area contributed by atoms with Crippen LogP contribution in [0.25, 0.3) is 5.57 Å². The number of unbranched alkanes of at least 4 members (excludes halogenated alkanes) is 4. The molecule has 1 unspecified atom stereocenters. The first-order valence-corrected chi connectivity index (χ1v) is 15.4. The van der Waals surface area contributed by atoms with Gasteiger partial charge in [-0.25, -0.2) is 0 Å². The van der Waals surface area contributed by atoms with Gasteiger partial charge in [0, 0.05) is 24.0 Å². The normalized spacial score (nSPS) is 15.1. The predicted molar refractivity (Wildman–Crippen MR) is 174 cm³/mol. The van der Waals surface area contributed by atoms with Crippen LogP contribution in [-0.2, 0) is 5.41 Å². The molecular weight excluding hydrogens is 470 g/mol. The molecule has 0 amide bonds. The van der Waals surface area contributed by atoms with Crippen molar-refractivity contribution in [3.05, 3.63) is 71.8 Å². The monoisotopic (exact) mass is 529 g/mol. The van der Waals surface area contributed by atoms with Crippen molar-refractivity contribution >= 4 is 22.9 Å². The number of anilines is 1. The van der Waals surface area contributed by atoms with E-state index in [1.807, 2.05) is 78.9 Å². The molecule has 0 spiro atoms. The smallest absolute Gasteiger partial charge is 0.0353 e. The molecule has 2 aromatic carbocycles. The molecule has 1 atom stereocenters. The van der Waals surface area contributed by atoms with Crippen LogP contribution < -0.4 is 5.32 Å². The Kier molecular flexibility index (Phi) is 22.5. The van der Waals surface area contributed by atoms with Crippen LogP contribution in [-0.4, -0.2) is 12.9 Å². The lowest BCUT2D eigenvalue weighted by molar-refractivity contribution is 0.357. The van der Waals surface area contributed by atoms with E-state index in [4.69, 9.17) is 11.6 Å². The highest BCUT2D eigenvalue weighted by molar-refractivity contribution is 6.19. The van der Waals surface area contributed by atoms with Crippen molar-refractivity contribution in [3.8, 4) is 0 Å². The van der Waals surface area contributed by atoms with E-state index in [2.05, 4.69) is 63.4 Å². The Balaban J connectivity index is 0. The Labute approximate surface area is 237 Å². The van der Waals surface area contributed by atoms with Gasteiger partial charge in [-0.15, -0.1) is 11.6 Å². The highest BCUT2D eigenvalue weighted by Crippen LogP contribution is 2.43. The number of rotatable bonds is 9.